The maximum atomic E-state index is 8.76. The Kier molecular flexibility index (Phi) is 5.39. The van der Waals surface area contributed by atoms with Crippen LogP contribution in [0.25, 0.3) is 0 Å². The average Bonchev–Trinajstić information content (AvgIpc) is 2.36. The van der Waals surface area contributed by atoms with Crippen molar-refractivity contribution in [3.63, 3.8) is 0 Å². The van der Waals surface area contributed by atoms with Gasteiger partial charge in [0.15, 0.2) is 5.11 Å². The van der Waals surface area contributed by atoms with Gasteiger partial charge in [0, 0.05) is 5.69 Å². The van der Waals surface area contributed by atoms with E-state index in [1.54, 1.807) is 24.3 Å². The number of anilines is 1. The molecule has 0 spiro atoms. The van der Waals surface area contributed by atoms with Gasteiger partial charge in [-0.2, -0.15) is 15.5 Å². The fourth-order valence-corrected chi connectivity index (χ4v) is 1.74. The maximum Gasteiger partial charge on any atom is 0.172 e. The van der Waals surface area contributed by atoms with Crippen molar-refractivity contribution in [1.29, 1.82) is 5.26 Å². The highest BCUT2D eigenvalue weighted by Gasteiger charge is 2.19. The minimum absolute atomic E-state index is 0.221. The van der Waals surface area contributed by atoms with E-state index in [9.17, 15) is 0 Å². The van der Waals surface area contributed by atoms with E-state index in [2.05, 4.69) is 26.9 Å². The summed E-state index contributed by atoms with van der Waals surface area (Å²) in [7, 11) is 0. The summed E-state index contributed by atoms with van der Waals surface area (Å²) in [6.07, 6.45) is 0. The third-order valence-electron chi connectivity index (χ3n) is 2.29. The maximum absolute atomic E-state index is 8.76. The Bertz CT molecular complexity index is 561. The Hall–Kier alpha value is -2.00. The molecule has 0 saturated heterocycles. The average molecular weight is 303 g/mol. The first-order valence-electron chi connectivity index (χ1n) is 6.65. The van der Waals surface area contributed by atoms with Gasteiger partial charge in [-0.15, -0.1) is 0 Å². The lowest BCUT2D eigenvalue weighted by molar-refractivity contribution is 0.417. The van der Waals surface area contributed by atoms with Crippen LogP contribution >= 0.6 is 12.2 Å². The van der Waals surface area contributed by atoms with Crippen LogP contribution < -0.4 is 10.6 Å². The van der Waals surface area contributed by atoms with Gasteiger partial charge in [-0.1, -0.05) is 0 Å². The number of nitrogens with one attached hydrogen (secondary N) is 2. The minimum Gasteiger partial charge on any atom is -0.337 e. The van der Waals surface area contributed by atoms with Crippen molar-refractivity contribution >= 4 is 23.0 Å². The van der Waals surface area contributed by atoms with E-state index in [0.717, 1.165) is 5.69 Å². The molecule has 1 rings (SSSR count). The first kappa shape index (κ1) is 17.1. The lowest BCUT2D eigenvalue weighted by Crippen LogP contribution is -2.44. The molecular formula is C15H21N5S. The molecule has 0 fully saturated rings. The molecule has 21 heavy (non-hydrogen) atoms. The Morgan fingerprint density at radius 2 is 1.67 bits per heavy atom. The van der Waals surface area contributed by atoms with E-state index in [1.165, 1.54) is 0 Å². The van der Waals surface area contributed by atoms with Crippen molar-refractivity contribution < 1.29 is 0 Å². The summed E-state index contributed by atoms with van der Waals surface area (Å²) >= 11 is 5.26. The number of nitrogens with zero attached hydrogens (tertiary/aromatic N) is 3. The third kappa shape index (κ3) is 6.82. The molecular weight excluding hydrogens is 282 g/mol. The van der Waals surface area contributed by atoms with Gasteiger partial charge in [0.1, 0.15) is 5.66 Å². The van der Waals surface area contributed by atoms with Crippen LogP contribution in [0.4, 0.5) is 5.69 Å². The summed E-state index contributed by atoms with van der Waals surface area (Å²) in [5, 5.41) is 23.9. The predicted molar refractivity (Wildman–Crippen MR) is 89.2 cm³/mol. The molecule has 1 aromatic carbocycles. The van der Waals surface area contributed by atoms with Crippen LogP contribution in [-0.4, -0.2) is 16.3 Å². The van der Waals surface area contributed by atoms with Crippen molar-refractivity contribution in [2.75, 3.05) is 5.32 Å². The van der Waals surface area contributed by atoms with E-state index < -0.39 is 5.66 Å². The van der Waals surface area contributed by atoms with Gasteiger partial charge in [0.2, 0.25) is 0 Å². The minimum atomic E-state index is -0.593. The second-order valence-electron chi connectivity index (χ2n) is 6.20. The number of benzene rings is 1. The Balaban J connectivity index is 2.64. The second-order valence-corrected chi connectivity index (χ2v) is 6.61. The highest BCUT2D eigenvalue weighted by Crippen LogP contribution is 2.14. The Morgan fingerprint density at radius 3 is 2.14 bits per heavy atom. The van der Waals surface area contributed by atoms with Crippen molar-refractivity contribution in [2.24, 2.45) is 10.2 Å². The van der Waals surface area contributed by atoms with Crippen molar-refractivity contribution in [3.8, 4) is 6.07 Å². The quantitative estimate of drug-likeness (QED) is 0.657. The lowest BCUT2D eigenvalue weighted by atomic mass is 10.1. The van der Waals surface area contributed by atoms with Crippen LogP contribution in [0.15, 0.2) is 34.5 Å². The number of azo groups is 1. The third-order valence-corrected chi connectivity index (χ3v) is 2.50. The van der Waals surface area contributed by atoms with Gasteiger partial charge in [0.05, 0.1) is 17.2 Å². The van der Waals surface area contributed by atoms with E-state index in [0.29, 0.717) is 10.7 Å². The van der Waals surface area contributed by atoms with Crippen LogP contribution in [0.1, 0.15) is 40.2 Å². The zero-order valence-electron chi connectivity index (χ0n) is 13.1. The van der Waals surface area contributed by atoms with Gasteiger partial charge in [-0.05, 0) is 71.1 Å². The number of nitriles is 1. The molecule has 0 bridgehead atoms. The molecule has 0 saturated carbocycles. The molecule has 0 aliphatic rings. The van der Waals surface area contributed by atoms with Crippen LogP contribution in [0.3, 0.4) is 0 Å². The molecule has 0 unspecified atom stereocenters. The highest BCUT2D eigenvalue weighted by atomic mass is 32.1. The molecule has 112 valence electrons. The number of rotatable bonds is 3. The second kappa shape index (κ2) is 6.64. The zero-order chi connectivity index (χ0) is 16.1. The highest BCUT2D eigenvalue weighted by molar-refractivity contribution is 7.80. The number of thiocarbonyl (C=S) groups is 1. The fraction of sp³-hybridized carbons (Fsp3) is 0.467. The smallest absolute Gasteiger partial charge is 0.172 e. The zero-order valence-corrected chi connectivity index (χ0v) is 13.9. The van der Waals surface area contributed by atoms with E-state index in [4.69, 9.17) is 17.5 Å². The van der Waals surface area contributed by atoms with Crippen LogP contribution in [0.2, 0.25) is 0 Å². The van der Waals surface area contributed by atoms with E-state index >= 15 is 0 Å². The normalized spacial score (nSPS) is 12.0. The molecule has 6 heteroatoms. The van der Waals surface area contributed by atoms with Gasteiger partial charge in [-0.3, -0.25) is 0 Å². The summed E-state index contributed by atoms with van der Waals surface area (Å²) in [6, 6.07) is 9.14. The number of hydrogen-bond acceptors (Lipinski definition) is 4. The van der Waals surface area contributed by atoms with Crippen molar-refractivity contribution in [3.05, 3.63) is 29.8 Å². The van der Waals surface area contributed by atoms with Crippen LogP contribution in [0, 0.1) is 11.3 Å². The summed E-state index contributed by atoms with van der Waals surface area (Å²) in [5.41, 5.74) is 0.610. The summed E-state index contributed by atoms with van der Waals surface area (Å²) in [6.45, 7) is 9.75. The van der Waals surface area contributed by atoms with E-state index in [1.807, 2.05) is 34.6 Å². The molecule has 0 aliphatic carbocycles. The first-order chi connectivity index (χ1) is 9.61. The molecule has 0 atom stereocenters. The molecule has 0 radical (unpaired) electrons. The predicted octanol–water partition coefficient (Wildman–Crippen LogP) is 3.83. The van der Waals surface area contributed by atoms with Gasteiger partial charge in [-0.25, -0.2) is 0 Å². The Labute approximate surface area is 131 Å². The first-order valence-corrected chi connectivity index (χ1v) is 7.05. The van der Waals surface area contributed by atoms with Gasteiger partial charge >= 0.3 is 0 Å². The van der Waals surface area contributed by atoms with Gasteiger partial charge in [0.25, 0.3) is 0 Å². The molecule has 0 aliphatic heterocycles. The Morgan fingerprint density at radius 1 is 1.10 bits per heavy atom. The molecule has 0 heterocycles. The summed E-state index contributed by atoms with van der Waals surface area (Å²) in [4.78, 5) is 0. The molecule has 0 aromatic heterocycles. The monoisotopic (exact) mass is 303 g/mol. The van der Waals surface area contributed by atoms with Crippen LogP contribution in [-0.2, 0) is 0 Å². The van der Waals surface area contributed by atoms with Crippen LogP contribution in [0.5, 0.6) is 0 Å². The molecule has 2 N–H and O–H groups in total. The number of hydrogen-bond donors (Lipinski definition) is 2. The largest absolute Gasteiger partial charge is 0.337 e. The standard InChI is InChI=1S/C15H21N5S/c1-14(2,3)19-20-15(4,5)18-13(21)17-12-8-6-11(10-16)7-9-12/h6-9H,1-5H3,(H2,17,18,21)/b20-19+. The van der Waals surface area contributed by atoms with Crippen molar-refractivity contribution in [1.82, 2.24) is 5.32 Å². The molecule has 0 amide bonds. The fourth-order valence-electron chi connectivity index (χ4n) is 1.37. The SMILES string of the molecule is CC(C)(C)/N=N/C(C)(C)NC(=S)Nc1ccc(C#N)cc1. The molecule has 5 nitrogen and oxygen atoms in total. The topological polar surface area (TPSA) is 72.6 Å². The molecule has 1 aromatic rings. The lowest BCUT2D eigenvalue weighted by Gasteiger charge is -2.24. The van der Waals surface area contributed by atoms with Gasteiger partial charge < -0.3 is 10.6 Å². The summed E-state index contributed by atoms with van der Waals surface area (Å²) in [5.74, 6) is 0. The van der Waals surface area contributed by atoms with E-state index in [-0.39, 0.29) is 5.54 Å². The van der Waals surface area contributed by atoms with Crippen molar-refractivity contribution in [2.45, 2.75) is 45.8 Å². The summed E-state index contributed by atoms with van der Waals surface area (Å²) < 4.78 is 0.